The second-order valence-electron chi connectivity index (χ2n) is 3.96. The molecule has 0 saturated heterocycles. The van der Waals surface area contributed by atoms with Crippen molar-refractivity contribution in [3.63, 3.8) is 0 Å². The number of nitrogens with zero attached hydrogens (tertiary/aromatic N) is 2. The van der Waals surface area contributed by atoms with Gasteiger partial charge in [-0.15, -0.1) is 11.8 Å². The molecule has 0 amide bonds. The highest BCUT2D eigenvalue weighted by atomic mass is 32.2. The van der Waals surface area contributed by atoms with Gasteiger partial charge in [0, 0.05) is 16.7 Å². The van der Waals surface area contributed by atoms with Crippen molar-refractivity contribution in [3.8, 4) is 5.75 Å². The summed E-state index contributed by atoms with van der Waals surface area (Å²) in [5, 5.41) is 11.7. The summed E-state index contributed by atoms with van der Waals surface area (Å²) in [6.45, 7) is 0.304. The maximum atomic E-state index is 8.74. The Hall–Kier alpha value is -2.21. The first-order chi connectivity index (χ1) is 9.74. The van der Waals surface area contributed by atoms with Crippen LogP contribution in [0.25, 0.3) is 0 Å². The van der Waals surface area contributed by atoms with E-state index in [2.05, 4.69) is 10.1 Å². The molecule has 0 saturated carbocycles. The lowest BCUT2D eigenvalue weighted by atomic mass is 10.2. The molecule has 0 radical (unpaired) electrons. The summed E-state index contributed by atoms with van der Waals surface area (Å²) in [5.74, 6) is 0.735. The standard InChI is InChI=1S/C14H15N3O2S/c1-20-12-6-4-11(5-7-12)19-9-10-3-2-8-16-13(10)14(15)17-18/h2-8,18H,9H2,1H3,(H2,15,17). The zero-order chi connectivity index (χ0) is 14.4. The molecule has 2 rings (SSSR count). The average molecular weight is 289 g/mol. The first-order valence-corrected chi connectivity index (χ1v) is 7.15. The van der Waals surface area contributed by atoms with Crippen molar-refractivity contribution in [1.82, 2.24) is 4.98 Å². The molecule has 1 heterocycles. The number of benzene rings is 1. The van der Waals surface area contributed by atoms with Crippen LogP contribution in [-0.4, -0.2) is 22.3 Å². The third-order valence-corrected chi connectivity index (χ3v) is 3.44. The Bertz CT molecular complexity index is 600. The van der Waals surface area contributed by atoms with Crippen LogP contribution < -0.4 is 10.5 Å². The van der Waals surface area contributed by atoms with Gasteiger partial charge in [-0.25, -0.2) is 0 Å². The minimum absolute atomic E-state index is 0.0260. The molecule has 0 aliphatic carbocycles. The molecule has 0 unspecified atom stereocenters. The van der Waals surface area contributed by atoms with Gasteiger partial charge in [-0.05, 0) is 36.6 Å². The Labute approximate surface area is 121 Å². The van der Waals surface area contributed by atoms with Gasteiger partial charge in [0.2, 0.25) is 0 Å². The van der Waals surface area contributed by atoms with Crippen LogP contribution in [0, 0.1) is 0 Å². The molecule has 0 aliphatic heterocycles. The number of hydrogen-bond acceptors (Lipinski definition) is 5. The molecule has 104 valence electrons. The monoisotopic (exact) mass is 289 g/mol. The molecule has 5 nitrogen and oxygen atoms in total. The van der Waals surface area contributed by atoms with E-state index in [4.69, 9.17) is 15.7 Å². The number of aromatic nitrogens is 1. The van der Waals surface area contributed by atoms with Gasteiger partial charge < -0.3 is 15.7 Å². The fourth-order valence-corrected chi connectivity index (χ4v) is 2.07. The van der Waals surface area contributed by atoms with Gasteiger partial charge in [0.1, 0.15) is 18.1 Å². The molecular weight excluding hydrogens is 274 g/mol. The number of ether oxygens (including phenoxy) is 1. The molecule has 6 heteroatoms. The zero-order valence-corrected chi connectivity index (χ0v) is 11.8. The summed E-state index contributed by atoms with van der Waals surface area (Å²) >= 11 is 1.68. The summed E-state index contributed by atoms with van der Waals surface area (Å²) in [6.07, 6.45) is 3.61. The van der Waals surface area contributed by atoms with Gasteiger partial charge in [0.15, 0.2) is 5.84 Å². The quantitative estimate of drug-likeness (QED) is 0.290. The van der Waals surface area contributed by atoms with Gasteiger partial charge in [-0.3, -0.25) is 4.98 Å². The van der Waals surface area contributed by atoms with Gasteiger partial charge in [-0.1, -0.05) is 11.2 Å². The number of rotatable bonds is 5. The number of nitrogens with two attached hydrogens (primary N) is 1. The van der Waals surface area contributed by atoms with Crippen molar-refractivity contribution in [2.24, 2.45) is 10.9 Å². The Balaban J connectivity index is 2.10. The van der Waals surface area contributed by atoms with Crippen molar-refractivity contribution in [3.05, 3.63) is 53.9 Å². The fraction of sp³-hybridized carbons (Fsp3) is 0.143. The summed E-state index contributed by atoms with van der Waals surface area (Å²) in [5.41, 5.74) is 6.77. The van der Waals surface area contributed by atoms with E-state index in [1.807, 2.05) is 36.6 Å². The number of thioether (sulfide) groups is 1. The number of hydrogen-bond donors (Lipinski definition) is 2. The van der Waals surface area contributed by atoms with Crippen LogP contribution in [0.4, 0.5) is 0 Å². The Morgan fingerprint density at radius 2 is 2.10 bits per heavy atom. The Morgan fingerprint density at radius 3 is 2.75 bits per heavy atom. The van der Waals surface area contributed by atoms with Gasteiger partial charge in [0.25, 0.3) is 0 Å². The lowest BCUT2D eigenvalue weighted by molar-refractivity contribution is 0.304. The SMILES string of the molecule is CSc1ccc(OCc2cccnc2C(N)=NO)cc1. The lowest BCUT2D eigenvalue weighted by Gasteiger charge is -2.09. The molecule has 1 aromatic heterocycles. The maximum Gasteiger partial charge on any atom is 0.189 e. The molecular formula is C14H15N3O2S. The second kappa shape index (κ2) is 6.81. The normalized spacial score (nSPS) is 11.3. The molecule has 2 aromatic rings. The van der Waals surface area contributed by atoms with Crippen molar-refractivity contribution < 1.29 is 9.94 Å². The second-order valence-corrected chi connectivity index (χ2v) is 4.84. The first-order valence-electron chi connectivity index (χ1n) is 5.93. The highest BCUT2D eigenvalue weighted by Gasteiger charge is 2.08. The Morgan fingerprint density at radius 1 is 1.35 bits per heavy atom. The smallest absolute Gasteiger partial charge is 0.189 e. The maximum absolute atomic E-state index is 8.74. The van der Waals surface area contributed by atoms with Crippen molar-refractivity contribution in [1.29, 1.82) is 0 Å². The molecule has 0 aliphatic rings. The molecule has 3 N–H and O–H groups in total. The van der Waals surface area contributed by atoms with E-state index in [0.717, 1.165) is 11.3 Å². The van der Waals surface area contributed by atoms with E-state index in [-0.39, 0.29) is 5.84 Å². The van der Waals surface area contributed by atoms with Crippen molar-refractivity contribution in [2.45, 2.75) is 11.5 Å². The first kappa shape index (κ1) is 14.2. The minimum atomic E-state index is -0.0260. The fourth-order valence-electron chi connectivity index (χ4n) is 1.67. The highest BCUT2D eigenvalue weighted by molar-refractivity contribution is 7.98. The lowest BCUT2D eigenvalue weighted by Crippen LogP contribution is -2.18. The summed E-state index contributed by atoms with van der Waals surface area (Å²) in [7, 11) is 0. The van der Waals surface area contributed by atoms with Crippen LogP contribution in [0.3, 0.4) is 0 Å². The van der Waals surface area contributed by atoms with Crippen LogP contribution in [0.15, 0.2) is 52.6 Å². The largest absolute Gasteiger partial charge is 0.489 e. The number of pyridine rings is 1. The van der Waals surface area contributed by atoms with Crippen LogP contribution in [0.1, 0.15) is 11.3 Å². The van der Waals surface area contributed by atoms with Crippen molar-refractivity contribution in [2.75, 3.05) is 6.26 Å². The third-order valence-electron chi connectivity index (χ3n) is 2.70. The van der Waals surface area contributed by atoms with Crippen LogP contribution >= 0.6 is 11.8 Å². The summed E-state index contributed by atoms with van der Waals surface area (Å²) in [4.78, 5) is 5.27. The molecule has 0 bridgehead atoms. The van der Waals surface area contributed by atoms with Crippen LogP contribution in [-0.2, 0) is 6.61 Å². The van der Waals surface area contributed by atoms with Crippen LogP contribution in [0.5, 0.6) is 5.75 Å². The van der Waals surface area contributed by atoms with E-state index in [1.165, 1.54) is 4.90 Å². The van der Waals surface area contributed by atoms with E-state index in [9.17, 15) is 0 Å². The van der Waals surface area contributed by atoms with E-state index < -0.39 is 0 Å². The molecule has 20 heavy (non-hydrogen) atoms. The van der Waals surface area contributed by atoms with E-state index >= 15 is 0 Å². The van der Waals surface area contributed by atoms with Crippen molar-refractivity contribution >= 4 is 17.6 Å². The zero-order valence-electron chi connectivity index (χ0n) is 11.0. The summed E-state index contributed by atoms with van der Waals surface area (Å²) in [6, 6.07) is 11.4. The predicted octanol–water partition coefficient (Wildman–Crippen LogP) is 2.48. The van der Waals surface area contributed by atoms with Gasteiger partial charge in [0.05, 0.1) is 0 Å². The average Bonchev–Trinajstić information content (AvgIpc) is 2.53. The Kier molecular flexibility index (Phi) is 4.84. The van der Waals surface area contributed by atoms with Gasteiger partial charge >= 0.3 is 0 Å². The summed E-state index contributed by atoms with van der Waals surface area (Å²) < 4.78 is 5.69. The molecule has 0 fully saturated rings. The van der Waals surface area contributed by atoms with Crippen LogP contribution in [0.2, 0.25) is 0 Å². The third kappa shape index (κ3) is 3.42. The molecule has 0 atom stereocenters. The highest BCUT2D eigenvalue weighted by Crippen LogP contribution is 2.20. The van der Waals surface area contributed by atoms with Gasteiger partial charge in [-0.2, -0.15) is 0 Å². The molecule has 1 aromatic carbocycles. The van der Waals surface area contributed by atoms with E-state index in [1.54, 1.807) is 24.0 Å². The molecule has 0 spiro atoms. The topological polar surface area (TPSA) is 80.7 Å². The minimum Gasteiger partial charge on any atom is -0.489 e. The predicted molar refractivity (Wildman–Crippen MR) is 79.3 cm³/mol. The number of amidine groups is 1. The number of oxime groups is 1. The van der Waals surface area contributed by atoms with E-state index in [0.29, 0.717) is 12.3 Å².